The molecule has 3 rings (SSSR count). The summed E-state index contributed by atoms with van der Waals surface area (Å²) in [4.78, 5) is 3.23. The lowest BCUT2D eigenvalue weighted by atomic mass is 9.96. The number of hydrogen-bond donors (Lipinski definition) is 2. The average molecular weight is 381 g/mol. The van der Waals surface area contributed by atoms with Gasteiger partial charge >= 0.3 is 6.18 Å². The van der Waals surface area contributed by atoms with Gasteiger partial charge in [0.1, 0.15) is 0 Å². The molecule has 0 bridgehead atoms. The van der Waals surface area contributed by atoms with Crippen LogP contribution in [0, 0.1) is 6.92 Å². The number of halogens is 4. The Morgan fingerprint density at radius 3 is 2.54 bits per heavy atom. The van der Waals surface area contributed by atoms with Crippen molar-refractivity contribution in [3.05, 3.63) is 58.1 Å². The van der Waals surface area contributed by atoms with E-state index in [9.17, 15) is 13.2 Å². The first-order chi connectivity index (χ1) is 12.3. The van der Waals surface area contributed by atoms with Crippen LogP contribution < -0.4 is 5.73 Å². The first-order valence-corrected chi connectivity index (χ1v) is 8.88. The Bertz CT molecular complexity index is 929. The first-order valence-electron chi connectivity index (χ1n) is 8.50. The Hall–Kier alpha value is -1.98. The summed E-state index contributed by atoms with van der Waals surface area (Å²) in [5.41, 5.74) is 8.20. The highest BCUT2D eigenvalue weighted by molar-refractivity contribution is 6.31. The number of benzene rings is 2. The van der Waals surface area contributed by atoms with Crippen molar-refractivity contribution >= 4 is 22.5 Å². The van der Waals surface area contributed by atoms with Crippen LogP contribution >= 0.6 is 11.6 Å². The Morgan fingerprint density at radius 2 is 1.85 bits per heavy atom. The molecule has 0 radical (unpaired) electrons. The van der Waals surface area contributed by atoms with Crippen LogP contribution in [0.5, 0.6) is 0 Å². The fourth-order valence-electron chi connectivity index (χ4n) is 3.37. The van der Waals surface area contributed by atoms with E-state index in [0.717, 1.165) is 40.9 Å². The minimum absolute atomic E-state index is 0.162. The number of rotatable bonds is 5. The number of H-pyrrole nitrogens is 1. The summed E-state index contributed by atoms with van der Waals surface area (Å²) < 4.78 is 40.6. The molecule has 0 atom stereocenters. The van der Waals surface area contributed by atoms with Gasteiger partial charge in [0.15, 0.2) is 0 Å². The molecule has 0 aliphatic rings. The molecule has 0 aliphatic carbocycles. The highest BCUT2D eigenvalue weighted by Gasteiger charge is 2.34. The lowest BCUT2D eigenvalue weighted by Crippen LogP contribution is -2.07. The van der Waals surface area contributed by atoms with Crippen molar-refractivity contribution < 1.29 is 13.2 Å². The second-order valence-corrected chi connectivity index (χ2v) is 6.85. The highest BCUT2D eigenvalue weighted by Crippen LogP contribution is 2.41. The zero-order valence-electron chi connectivity index (χ0n) is 14.4. The minimum atomic E-state index is -4.42. The maximum atomic E-state index is 13.5. The Kier molecular flexibility index (Phi) is 5.30. The van der Waals surface area contributed by atoms with E-state index in [2.05, 4.69) is 4.98 Å². The van der Waals surface area contributed by atoms with Crippen LogP contribution in [0.4, 0.5) is 13.2 Å². The van der Waals surface area contributed by atoms with Crippen LogP contribution in [0.25, 0.3) is 22.2 Å². The molecule has 1 heterocycles. The largest absolute Gasteiger partial charge is 0.417 e. The van der Waals surface area contributed by atoms with E-state index in [1.165, 1.54) is 12.1 Å². The maximum absolute atomic E-state index is 13.5. The van der Waals surface area contributed by atoms with E-state index in [0.29, 0.717) is 23.7 Å². The monoisotopic (exact) mass is 380 g/mol. The van der Waals surface area contributed by atoms with Crippen LogP contribution in [-0.2, 0) is 12.6 Å². The lowest BCUT2D eigenvalue weighted by Gasteiger charge is -2.13. The molecule has 0 spiro atoms. The van der Waals surface area contributed by atoms with E-state index in [1.807, 2.05) is 19.1 Å². The van der Waals surface area contributed by atoms with E-state index < -0.39 is 11.7 Å². The van der Waals surface area contributed by atoms with Gasteiger partial charge in [0.05, 0.1) is 11.3 Å². The molecule has 0 aliphatic heterocycles. The van der Waals surface area contributed by atoms with Gasteiger partial charge in [0.25, 0.3) is 0 Å². The van der Waals surface area contributed by atoms with Gasteiger partial charge < -0.3 is 10.7 Å². The van der Waals surface area contributed by atoms with Crippen molar-refractivity contribution in [1.82, 2.24) is 4.98 Å². The van der Waals surface area contributed by atoms with Gasteiger partial charge in [-0.25, -0.2) is 0 Å². The van der Waals surface area contributed by atoms with Gasteiger partial charge in [0, 0.05) is 21.5 Å². The standard InChI is InChI=1S/C20H20ClF3N2/c1-12-10-13(21)11-16-14(6-4-5-9-25)19(26-18(12)16)15-7-2-3-8-17(15)20(22,23)24/h2-3,7-8,10-11,26H,4-6,9,25H2,1H3. The van der Waals surface area contributed by atoms with Crippen LogP contribution in [0.3, 0.4) is 0 Å². The third-order valence-electron chi connectivity index (χ3n) is 4.56. The number of fused-ring (bicyclic) bond motifs is 1. The summed E-state index contributed by atoms with van der Waals surface area (Å²) >= 11 is 6.20. The van der Waals surface area contributed by atoms with E-state index in [1.54, 1.807) is 6.07 Å². The number of nitrogens with one attached hydrogen (secondary N) is 1. The van der Waals surface area contributed by atoms with Gasteiger partial charge in [-0.05, 0) is 62.1 Å². The molecule has 0 fully saturated rings. The Balaban J connectivity index is 2.26. The Morgan fingerprint density at radius 1 is 1.12 bits per heavy atom. The summed E-state index contributed by atoms with van der Waals surface area (Å²) in [6, 6.07) is 9.29. The van der Waals surface area contributed by atoms with Gasteiger partial charge in [-0.15, -0.1) is 0 Å². The topological polar surface area (TPSA) is 41.8 Å². The van der Waals surface area contributed by atoms with Gasteiger partial charge in [-0.3, -0.25) is 0 Å². The highest BCUT2D eigenvalue weighted by atomic mass is 35.5. The van der Waals surface area contributed by atoms with Crippen molar-refractivity contribution in [3.63, 3.8) is 0 Å². The predicted octanol–water partition coefficient (Wildman–Crippen LogP) is 6.10. The minimum Gasteiger partial charge on any atom is -0.354 e. The van der Waals surface area contributed by atoms with Crippen LogP contribution in [0.1, 0.15) is 29.5 Å². The van der Waals surface area contributed by atoms with Crippen molar-refractivity contribution in [3.8, 4) is 11.3 Å². The smallest absolute Gasteiger partial charge is 0.354 e. The van der Waals surface area contributed by atoms with Crippen LogP contribution in [0.15, 0.2) is 36.4 Å². The quantitative estimate of drug-likeness (QED) is 0.516. The predicted molar refractivity (Wildman–Crippen MR) is 100 cm³/mol. The summed E-state index contributed by atoms with van der Waals surface area (Å²) in [5, 5.41) is 1.45. The summed E-state index contributed by atoms with van der Waals surface area (Å²) in [6.07, 6.45) is -2.17. The molecule has 1 aromatic heterocycles. The first kappa shape index (κ1) is 18.8. The fourth-order valence-corrected chi connectivity index (χ4v) is 3.64. The molecule has 3 N–H and O–H groups in total. The number of hydrogen-bond acceptors (Lipinski definition) is 1. The molecular formula is C20H20ClF3N2. The van der Waals surface area contributed by atoms with E-state index in [-0.39, 0.29) is 5.56 Å². The van der Waals surface area contributed by atoms with E-state index in [4.69, 9.17) is 17.3 Å². The van der Waals surface area contributed by atoms with Crippen molar-refractivity contribution in [2.24, 2.45) is 5.73 Å². The normalized spacial score (nSPS) is 12.1. The average Bonchev–Trinajstić information content (AvgIpc) is 2.93. The number of aryl methyl sites for hydroxylation is 2. The maximum Gasteiger partial charge on any atom is 0.417 e. The molecule has 0 amide bonds. The number of nitrogens with two attached hydrogens (primary N) is 1. The molecule has 2 nitrogen and oxygen atoms in total. The molecule has 0 saturated carbocycles. The summed E-state index contributed by atoms with van der Waals surface area (Å²) in [5.74, 6) is 0. The second kappa shape index (κ2) is 7.33. The third-order valence-corrected chi connectivity index (χ3v) is 4.78. The van der Waals surface area contributed by atoms with Gasteiger partial charge in [-0.2, -0.15) is 13.2 Å². The van der Waals surface area contributed by atoms with E-state index >= 15 is 0 Å². The zero-order chi connectivity index (χ0) is 18.9. The molecular weight excluding hydrogens is 361 g/mol. The molecule has 0 saturated heterocycles. The van der Waals surface area contributed by atoms with Gasteiger partial charge in [0.2, 0.25) is 0 Å². The lowest BCUT2D eigenvalue weighted by molar-refractivity contribution is -0.137. The zero-order valence-corrected chi connectivity index (χ0v) is 15.1. The van der Waals surface area contributed by atoms with Gasteiger partial charge in [-0.1, -0.05) is 29.8 Å². The van der Waals surface area contributed by atoms with Crippen LogP contribution in [-0.4, -0.2) is 11.5 Å². The Labute approximate surface area is 155 Å². The van der Waals surface area contributed by atoms with Crippen molar-refractivity contribution in [1.29, 1.82) is 0 Å². The SMILES string of the molecule is Cc1cc(Cl)cc2c(CCCCN)c(-c3ccccc3C(F)(F)F)[nH]c12. The number of unbranched alkanes of at least 4 members (excludes halogenated alkanes) is 1. The number of aromatic nitrogens is 1. The number of alkyl halides is 3. The summed E-state index contributed by atoms with van der Waals surface area (Å²) in [7, 11) is 0. The molecule has 6 heteroatoms. The van der Waals surface area contributed by atoms with Crippen molar-refractivity contribution in [2.75, 3.05) is 6.54 Å². The number of aromatic amines is 1. The molecule has 138 valence electrons. The third kappa shape index (κ3) is 3.60. The fraction of sp³-hybridized carbons (Fsp3) is 0.300. The summed E-state index contributed by atoms with van der Waals surface area (Å²) in [6.45, 7) is 2.45. The van der Waals surface area contributed by atoms with Crippen molar-refractivity contribution in [2.45, 2.75) is 32.4 Å². The molecule has 2 aromatic carbocycles. The molecule has 0 unspecified atom stereocenters. The van der Waals surface area contributed by atoms with Crippen LogP contribution in [0.2, 0.25) is 5.02 Å². The second-order valence-electron chi connectivity index (χ2n) is 6.41. The molecule has 26 heavy (non-hydrogen) atoms. The molecule has 3 aromatic rings.